The second-order valence-corrected chi connectivity index (χ2v) is 5.39. The van der Waals surface area contributed by atoms with Crippen LogP contribution in [0.25, 0.3) is 0 Å². The van der Waals surface area contributed by atoms with Gasteiger partial charge < -0.3 is 4.52 Å². The Hall–Kier alpha value is -1.72. The Labute approximate surface area is 125 Å². The lowest BCUT2D eigenvalue weighted by atomic mass is 10.1. The van der Waals surface area contributed by atoms with Gasteiger partial charge in [0.2, 0.25) is 5.89 Å². The van der Waals surface area contributed by atoms with Crippen LogP contribution in [0.5, 0.6) is 0 Å². The van der Waals surface area contributed by atoms with Crippen LogP contribution in [0, 0.1) is 0 Å². The van der Waals surface area contributed by atoms with Crippen LogP contribution < -0.4 is 0 Å². The van der Waals surface area contributed by atoms with E-state index in [9.17, 15) is 0 Å². The zero-order valence-corrected chi connectivity index (χ0v) is 12.9. The number of aryl methyl sites for hydroxylation is 3. The molecule has 0 amide bonds. The van der Waals surface area contributed by atoms with Crippen molar-refractivity contribution in [3.05, 3.63) is 24.1 Å². The van der Waals surface area contributed by atoms with Gasteiger partial charge in [-0.05, 0) is 6.42 Å². The monoisotopic (exact) mass is 291 g/mol. The van der Waals surface area contributed by atoms with Crippen LogP contribution in [-0.2, 0) is 19.4 Å². The molecule has 0 saturated heterocycles. The first kappa shape index (κ1) is 15.7. The van der Waals surface area contributed by atoms with Crippen LogP contribution >= 0.6 is 0 Å². The molecule has 0 unspecified atom stereocenters. The van der Waals surface area contributed by atoms with E-state index < -0.39 is 0 Å². The summed E-state index contributed by atoms with van der Waals surface area (Å²) in [5.41, 5.74) is 0. The Bertz CT molecular complexity index is 480. The Kier molecular flexibility index (Phi) is 6.91. The maximum atomic E-state index is 5.25. The Balaban J connectivity index is 1.57. The van der Waals surface area contributed by atoms with Crippen molar-refractivity contribution >= 4 is 0 Å². The zero-order chi connectivity index (χ0) is 14.8. The third kappa shape index (κ3) is 6.06. The average molecular weight is 291 g/mol. The van der Waals surface area contributed by atoms with Gasteiger partial charge in [-0.3, -0.25) is 4.68 Å². The van der Waals surface area contributed by atoms with E-state index >= 15 is 0 Å². The van der Waals surface area contributed by atoms with Crippen molar-refractivity contribution in [3.63, 3.8) is 0 Å². The molecule has 0 spiro atoms. The molecule has 116 valence electrons. The van der Waals surface area contributed by atoms with Crippen molar-refractivity contribution in [2.45, 2.75) is 71.3 Å². The molecule has 0 aliphatic rings. The Morgan fingerprint density at radius 1 is 1.05 bits per heavy atom. The van der Waals surface area contributed by atoms with Crippen molar-refractivity contribution in [3.8, 4) is 0 Å². The molecule has 0 saturated carbocycles. The summed E-state index contributed by atoms with van der Waals surface area (Å²) in [6, 6.07) is 0. The quantitative estimate of drug-likeness (QED) is 0.595. The predicted octanol–water partition coefficient (Wildman–Crippen LogP) is 3.20. The number of nitrogens with zero attached hydrogens (tertiary/aromatic N) is 5. The first-order chi connectivity index (χ1) is 10.4. The topological polar surface area (TPSA) is 69.6 Å². The third-order valence-electron chi connectivity index (χ3n) is 3.54. The van der Waals surface area contributed by atoms with E-state index in [0.717, 1.165) is 25.2 Å². The lowest BCUT2D eigenvalue weighted by molar-refractivity contribution is 0.363. The molecule has 0 fully saturated rings. The van der Waals surface area contributed by atoms with Crippen molar-refractivity contribution in [2.24, 2.45) is 0 Å². The van der Waals surface area contributed by atoms with E-state index in [1.165, 1.54) is 38.5 Å². The minimum atomic E-state index is 0.684. The van der Waals surface area contributed by atoms with Crippen molar-refractivity contribution in [1.29, 1.82) is 0 Å². The molecule has 0 bridgehead atoms. The number of aromatic nitrogens is 5. The van der Waals surface area contributed by atoms with Gasteiger partial charge in [0.05, 0.1) is 12.7 Å². The molecular formula is C15H25N5O. The first-order valence-corrected chi connectivity index (χ1v) is 8.04. The van der Waals surface area contributed by atoms with E-state index in [4.69, 9.17) is 4.52 Å². The second-order valence-electron chi connectivity index (χ2n) is 5.39. The summed E-state index contributed by atoms with van der Waals surface area (Å²) in [5, 5.41) is 11.7. The summed E-state index contributed by atoms with van der Waals surface area (Å²) >= 11 is 0. The highest BCUT2D eigenvalue weighted by Crippen LogP contribution is 2.09. The van der Waals surface area contributed by atoms with E-state index in [0.29, 0.717) is 12.3 Å². The smallest absolute Gasteiger partial charge is 0.228 e. The lowest BCUT2D eigenvalue weighted by Crippen LogP contribution is -2.02. The summed E-state index contributed by atoms with van der Waals surface area (Å²) in [5.74, 6) is 1.51. The Morgan fingerprint density at radius 3 is 2.62 bits per heavy atom. The first-order valence-electron chi connectivity index (χ1n) is 8.04. The second kappa shape index (κ2) is 9.26. The molecule has 0 N–H and O–H groups in total. The minimum absolute atomic E-state index is 0.684. The van der Waals surface area contributed by atoms with Crippen LogP contribution in [0.4, 0.5) is 0 Å². The van der Waals surface area contributed by atoms with Gasteiger partial charge in [0.1, 0.15) is 0 Å². The van der Waals surface area contributed by atoms with Crippen LogP contribution in [0.2, 0.25) is 0 Å². The summed E-state index contributed by atoms with van der Waals surface area (Å²) < 4.78 is 7.01. The average Bonchev–Trinajstić information content (AvgIpc) is 3.16. The molecule has 0 aromatic carbocycles. The summed E-state index contributed by atoms with van der Waals surface area (Å²) in [6.07, 6.45) is 14.2. The molecule has 6 nitrogen and oxygen atoms in total. The maximum absolute atomic E-state index is 5.25. The van der Waals surface area contributed by atoms with Gasteiger partial charge in [-0.25, -0.2) is 0 Å². The number of hydrogen-bond acceptors (Lipinski definition) is 5. The number of unbranched alkanes of at least 4 members (excludes halogenated alkanes) is 6. The number of rotatable bonds is 11. The van der Waals surface area contributed by atoms with Crippen molar-refractivity contribution in [2.75, 3.05) is 0 Å². The third-order valence-corrected chi connectivity index (χ3v) is 3.54. The normalized spacial score (nSPS) is 11.1. The van der Waals surface area contributed by atoms with Crippen molar-refractivity contribution in [1.82, 2.24) is 25.1 Å². The van der Waals surface area contributed by atoms with Gasteiger partial charge in [-0.2, -0.15) is 4.98 Å². The molecule has 0 aliphatic carbocycles. The molecule has 2 aromatic heterocycles. The van der Waals surface area contributed by atoms with Gasteiger partial charge in [0.25, 0.3) is 0 Å². The molecule has 2 aromatic rings. The fourth-order valence-electron chi connectivity index (χ4n) is 2.30. The molecule has 6 heteroatoms. The number of hydrogen-bond donors (Lipinski definition) is 0. The van der Waals surface area contributed by atoms with E-state index in [1.54, 1.807) is 10.9 Å². The fourth-order valence-corrected chi connectivity index (χ4v) is 2.30. The molecule has 2 heterocycles. The van der Waals surface area contributed by atoms with Gasteiger partial charge >= 0.3 is 0 Å². The summed E-state index contributed by atoms with van der Waals surface area (Å²) in [6.45, 7) is 2.97. The van der Waals surface area contributed by atoms with Crippen LogP contribution in [0.3, 0.4) is 0 Å². The maximum Gasteiger partial charge on any atom is 0.228 e. The predicted molar refractivity (Wildman–Crippen MR) is 79.7 cm³/mol. The molecule has 0 radical (unpaired) electrons. The lowest BCUT2D eigenvalue weighted by Gasteiger charge is -1.98. The fraction of sp³-hybridized carbons (Fsp3) is 0.733. The van der Waals surface area contributed by atoms with Gasteiger partial charge in [0.15, 0.2) is 5.82 Å². The zero-order valence-electron chi connectivity index (χ0n) is 12.9. The molecule has 2 rings (SSSR count). The molecule has 0 atom stereocenters. The minimum Gasteiger partial charge on any atom is -0.339 e. The summed E-state index contributed by atoms with van der Waals surface area (Å²) in [7, 11) is 0. The highest BCUT2D eigenvalue weighted by molar-refractivity contribution is 4.86. The highest BCUT2D eigenvalue weighted by atomic mass is 16.5. The largest absolute Gasteiger partial charge is 0.339 e. The standard InChI is InChI=1S/C15H25N5O/c1-2-3-4-5-6-7-8-9-14-17-15(21-18-14)10-12-20-13-11-16-19-20/h11,13H,2-10,12H2,1H3. The van der Waals surface area contributed by atoms with Gasteiger partial charge in [0, 0.05) is 19.0 Å². The highest BCUT2D eigenvalue weighted by Gasteiger charge is 2.06. The SMILES string of the molecule is CCCCCCCCCc1noc(CCn2ccnn2)n1. The van der Waals surface area contributed by atoms with Crippen LogP contribution in [0.15, 0.2) is 16.9 Å². The Morgan fingerprint density at radius 2 is 1.86 bits per heavy atom. The van der Waals surface area contributed by atoms with E-state index in [1.807, 2.05) is 6.20 Å². The van der Waals surface area contributed by atoms with Gasteiger partial charge in [-0.15, -0.1) is 5.10 Å². The van der Waals surface area contributed by atoms with Crippen LogP contribution in [0.1, 0.15) is 63.6 Å². The molecule has 21 heavy (non-hydrogen) atoms. The molecular weight excluding hydrogens is 266 g/mol. The van der Waals surface area contributed by atoms with E-state index in [2.05, 4.69) is 27.4 Å². The summed E-state index contributed by atoms with van der Waals surface area (Å²) in [4.78, 5) is 4.42. The van der Waals surface area contributed by atoms with Crippen molar-refractivity contribution < 1.29 is 4.52 Å². The van der Waals surface area contributed by atoms with E-state index in [-0.39, 0.29) is 0 Å². The van der Waals surface area contributed by atoms with Gasteiger partial charge in [-0.1, -0.05) is 55.8 Å². The molecule has 0 aliphatic heterocycles. The van der Waals surface area contributed by atoms with Crippen LogP contribution in [-0.4, -0.2) is 25.1 Å².